The molecule has 7 heteroatoms. The van der Waals surface area contributed by atoms with Crippen molar-refractivity contribution in [1.29, 1.82) is 0 Å². The first-order chi connectivity index (χ1) is 15.2. The zero-order valence-electron chi connectivity index (χ0n) is 19.9. The summed E-state index contributed by atoms with van der Waals surface area (Å²) in [6, 6.07) is 9.37. The molecule has 0 aliphatic carbocycles. The molecule has 0 aromatic heterocycles. The molecular weight excluding hydrogens is 462 g/mol. The summed E-state index contributed by atoms with van der Waals surface area (Å²) >= 11 is 12.5. The van der Waals surface area contributed by atoms with Gasteiger partial charge in [-0.05, 0) is 67.5 Å². The van der Waals surface area contributed by atoms with E-state index in [9.17, 15) is 4.79 Å². The highest BCUT2D eigenvalue weighted by molar-refractivity contribution is 6.31. The Morgan fingerprint density at radius 1 is 1.18 bits per heavy atom. The van der Waals surface area contributed by atoms with Crippen molar-refractivity contribution >= 4 is 29.2 Å². The van der Waals surface area contributed by atoms with Gasteiger partial charge in [0.15, 0.2) is 5.72 Å². The van der Waals surface area contributed by atoms with Crippen molar-refractivity contribution in [2.75, 3.05) is 0 Å². The lowest BCUT2D eigenvalue weighted by Crippen LogP contribution is -2.56. The Kier molecular flexibility index (Phi) is 5.89. The van der Waals surface area contributed by atoms with Crippen LogP contribution in [0.5, 0.6) is 0 Å². The van der Waals surface area contributed by atoms with E-state index in [-0.39, 0.29) is 16.5 Å². The number of carbonyl (C=O) groups excluding carboxylic acids is 1. The Hall–Kier alpha value is -1.66. The highest BCUT2D eigenvalue weighted by Gasteiger charge is 2.69. The largest absolute Gasteiger partial charge is 0.443 e. The Bertz CT molecular complexity index is 1110. The normalized spacial score (nSPS) is 29.3. The van der Waals surface area contributed by atoms with E-state index in [1.165, 1.54) is 6.07 Å². The summed E-state index contributed by atoms with van der Waals surface area (Å²) in [5.41, 5.74) is 7.38. The van der Waals surface area contributed by atoms with Gasteiger partial charge in [0, 0.05) is 17.0 Å². The van der Waals surface area contributed by atoms with E-state index < -0.39 is 35.0 Å². The minimum Gasteiger partial charge on any atom is -0.443 e. The molecular formula is C26H31Cl2FN2O2. The number of cyclic esters (lactones) is 1. The van der Waals surface area contributed by atoms with Crippen molar-refractivity contribution in [1.82, 2.24) is 4.90 Å². The van der Waals surface area contributed by atoms with Gasteiger partial charge in [0.2, 0.25) is 0 Å². The van der Waals surface area contributed by atoms with E-state index in [1.54, 1.807) is 18.2 Å². The van der Waals surface area contributed by atoms with Crippen LogP contribution in [0.15, 0.2) is 36.4 Å². The Balaban J connectivity index is 2.06. The average Bonchev–Trinajstić information content (AvgIpc) is 3.06. The molecule has 0 radical (unpaired) electrons. The van der Waals surface area contributed by atoms with Crippen molar-refractivity contribution in [2.24, 2.45) is 11.1 Å². The van der Waals surface area contributed by atoms with Crippen molar-refractivity contribution < 1.29 is 13.9 Å². The van der Waals surface area contributed by atoms with Crippen molar-refractivity contribution in [3.8, 4) is 0 Å². The van der Waals surface area contributed by atoms with Crippen LogP contribution < -0.4 is 5.73 Å². The molecule has 2 aliphatic rings. The molecule has 0 amide bonds. The maximum atomic E-state index is 15.5. The number of fused-ring (bicyclic) bond motifs is 1. The van der Waals surface area contributed by atoms with Gasteiger partial charge < -0.3 is 10.5 Å². The predicted octanol–water partition coefficient (Wildman–Crippen LogP) is 6.16. The lowest BCUT2D eigenvalue weighted by molar-refractivity contribution is -0.152. The molecule has 4 rings (SSSR count). The van der Waals surface area contributed by atoms with Gasteiger partial charge >= 0.3 is 5.97 Å². The molecule has 2 aliphatic heterocycles. The highest BCUT2D eigenvalue weighted by atomic mass is 35.5. The second-order valence-corrected chi connectivity index (χ2v) is 11.9. The fourth-order valence-electron chi connectivity index (χ4n) is 5.87. The van der Waals surface area contributed by atoms with E-state index in [2.05, 4.69) is 25.7 Å². The van der Waals surface area contributed by atoms with E-state index in [0.29, 0.717) is 17.0 Å². The Morgan fingerprint density at radius 2 is 1.85 bits per heavy atom. The number of benzene rings is 2. The summed E-state index contributed by atoms with van der Waals surface area (Å²) in [7, 11) is 0. The van der Waals surface area contributed by atoms with Gasteiger partial charge in [-0.2, -0.15) is 0 Å². The Morgan fingerprint density at radius 3 is 2.45 bits per heavy atom. The van der Waals surface area contributed by atoms with Crippen LogP contribution in [-0.2, 0) is 15.1 Å². The van der Waals surface area contributed by atoms with Crippen LogP contribution in [-0.4, -0.2) is 28.7 Å². The number of aryl methyl sites for hydroxylation is 1. The minimum absolute atomic E-state index is 0.000811. The average molecular weight is 493 g/mol. The molecule has 2 aromatic carbocycles. The SMILES string of the molecule is Cc1cc(Cl)ccc1C1(N)C(c2cccc(Cl)c2F)C2C(=O)OC(C)(C)N2C1CC(C)(C)C. The van der Waals surface area contributed by atoms with Crippen LogP contribution in [0, 0.1) is 18.2 Å². The molecule has 2 heterocycles. The summed E-state index contributed by atoms with van der Waals surface area (Å²) in [6.07, 6.45) is 0.667. The quantitative estimate of drug-likeness (QED) is 0.521. The second kappa shape index (κ2) is 7.94. The summed E-state index contributed by atoms with van der Waals surface area (Å²) in [5.74, 6) is -1.67. The van der Waals surface area contributed by atoms with E-state index >= 15 is 4.39 Å². The Labute approximate surface area is 205 Å². The van der Waals surface area contributed by atoms with Crippen LogP contribution in [0.25, 0.3) is 0 Å². The molecule has 2 fully saturated rings. The lowest BCUT2D eigenvalue weighted by atomic mass is 9.67. The van der Waals surface area contributed by atoms with E-state index in [4.69, 9.17) is 33.7 Å². The van der Waals surface area contributed by atoms with Gasteiger partial charge in [-0.1, -0.05) is 62.2 Å². The first-order valence-corrected chi connectivity index (χ1v) is 11.9. The number of nitrogens with two attached hydrogens (primary N) is 1. The number of esters is 1. The molecule has 33 heavy (non-hydrogen) atoms. The van der Waals surface area contributed by atoms with Crippen LogP contribution in [0.4, 0.5) is 4.39 Å². The molecule has 4 atom stereocenters. The third-order valence-electron chi connectivity index (χ3n) is 7.01. The fraction of sp³-hybridized carbons (Fsp3) is 0.500. The number of hydrogen-bond acceptors (Lipinski definition) is 4. The number of nitrogens with zero attached hydrogens (tertiary/aromatic N) is 1. The standard InChI is InChI=1S/C26H31Cl2FN2O2/c1-14-12-15(27)10-11-17(14)26(30)19(13-24(2,3)4)31-22(23(32)33-25(31,5)6)20(26)16-8-7-9-18(28)21(16)29/h7-12,19-20,22H,13,30H2,1-6H3. The zero-order valence-corrected chi connectivity index (χ0v) is 21.4. The number of halogens is 3. The smallest absolute Gasteiger partial charge is 0.325 e. The number of hydrogen-bond donors (Lipinski definition) is 1. The molecule has 2 N–H and O–H groups in total. The topological polar surface area (TPSA) is 55.6 Å². The summed E-state index contributed by atoms with van der Waals surface area (Å²) in [5, 5.41) is 0.593. The van der Waals surface area contributed by atoms with Crippen molar-refractivity contribution in [2.45, 2.75) is 77.2 Å². The first-order valence-electron chi connectivity index (χ1n) is 11.2. The summed E-state index contributed by atoms with van der Waals surface area (Å²) in [4.78, 5) is 15.4. The van der Waals surface area contributed by atoms with Crippen LogP contribution in [0.3, 0.4) is 0 Å². The van der Waals surface area contributed by atoms with Gasteiger partial charge in [0.05, 0.1) is 10.6 Å². The van der Waals surface area contributed by atoms with Crippen LogP contribution in [0.1, 0.15) is 63.6 Å². The van der Waals surface area contributed by atoms with Crippen LogP contribution >= 0.6 is 23.2 Å². The molecule has 178 valence electrons. The third-order valence-corrected chi connectivity index (χ3v) is 7.54. The molecule has 4 unspecified atom stereocenters. The summed E-state index contributed by atoms with van der Waals surface area (Å²) < 4.78 is 21.4. The van der Waals surface area contributed by atoms with E-state index in [0.717, 1.165) is 11.1 Å². The molecule has 0 spiro atoms. The molecule has 4 nitrogen and oxygen atoms in total. The monoisotopic (exact) mass is 492 g/mol. The van der Waals surface area contributed by atoms with Crippen molar-refractivity contribution in [3.05, 3.63) is 69.0 Å². The second-order valence-electron chi connectivity index (χ2n) is 11.0. The zero-order chi connectivity index (χ0) is 24.5. The third kappa shape index (κ3) is 3.87. The number of rotatable bonds is 3. The lowest BCUT2D eigenvalue weighted by Gasteiger charge is -2.44. The first kappa shape index (κ1) is 24.5. The van der Waals surface area contributed by atoms with Gasteiger partial charge in [-0.25, -0.2) is 9.29 Å². The molecule has 2 aromatic rings. The maximum Gasteiger partial charge on any atom is 0.325 e. The van der Waals surface area contributed by atoms with Gasteiger partial charge in [0.1, 0.15) is 11.9 Å². The number of ether oxygens (including phenoxy) is 1. The van der Waals surface area contributed by atoms with E-state index in [1.807, 2.05) is 32.9 Å². The molecule has 2 saturated heterocycles. The number of carbonyl (C=O) groups is 1. The van der Waals surface area contributed by atoms with Gasteiger partial charge in [-0.15, -0.1) is 0 Å². The molecule has 0 saturated carbocycles. The van der Waals surface area contributed by atoms with Crippen molar-refractivity contribution in [3.63, 3.8) is 0 Å². The fourth-order valence-corrected chi connectivity index (χ4v) is 6.28. The van der Waals surface area contributed by atoms with Crippen LogP contribution in [0.2, 0.25) is 10.0 Å². The highest BCUT2D eigenvalue weighted by Crippen LogP contribution is 2.58. The van der Waals surface area contributed by atoms with Gasteiger partial charge in [-0.3, -0.25) is 4.79 Å². The molecule has 0 bridgehead atoms. The minimum atomic E-state index is -1.10. The summed E-state index contributed by atoms with van der Waals surface area (Å²) in [6.45, 7) is 12.1. The maximum absolute atomic E-state index is 15.5. The predicted molar refractivity (Wildman–Crippen MR) is 130 cm³/mol. The van der Waals surface area contributed by atoms with Gasteiger partial charge in [0.25, 0.3) is 0 Å².